The van der Waals surface area contributed by atoms with Crippen molar-refractivity contribution in [3.05, 3.63) is 45.4 Å². The monoisotopic (exact) mass is 638 g/mol. The summed E-state index contributed by atoms with van der Waals surface area (Å²) in [7, 11) is 3.79. The maximum absolute atomic E-state index is 12.5. The largest absolute Gasteiger partial charge is 0.444 e. The number of anilines is 1. The standard InChI is InChI=1S/C15H27N3O3.C12H9BrClN3O2/c1-15(2,3)21-14(20)18-6-5-12(11-18)13(19)17-9-7-16(4)8-10-17;1-17-10(13)5-15-11(17)12(19)16-8-3-2-7(6-18)9(14)4-8/h12H,5-11H2,1-4H3;2-6H,1H3,(H,16,19)/t12-;/m1./s1. The van der Waals surface area contributed by atoms with Crippen molar-refractivity contribution in [2.24, 2.45) is 13.0 Å². The minimum atomic E-state index is -0.489. The van der Waals surface area contributed by atoms with Gasteiger partial charge in [0.15, 0.2) is 12.1 Å². The van der Waals surface area contributed by atoms with Crippen molar-refractivity contribution in [2.45, 2.75) is 32.8 Å². The Morgan fingerprint density at radius 3 is 2.33 bits per heavy atom. The molecule has 11 nitrogen and oxygen atoms in total. The number of aldehydes is 1. The molecule has 1 aromatic carbocycles. The normalized spacial score (nSPS) is 17.6. The Morgan fingerprint density at radius 1 is 1.10 bits per heavy atom. The Hall–Kier alpha value is -2.96. The van der Waals surface area contributed by atoms with E-state index in [2.05, 4.69) is 38.2 Å². The van der Waals surface area contributed by atoms with Gasteiger partial charge in [-0.1, -0.05) is 11.6 Å². The number of rotatable bonds is 4. The Morgan fingerprint density at radius 2 is 1.77 bits per heavy atom. The van der Waals surface area contributed by atoms with E-state index in [-0.39, 0.29) is 34.7 Å². The fourth-order valence-electron chi connectivity index (χ4n) is 4.23. The molecular weight excluding hydrogens is 604 g/mol. The number of hydrogen-bond acceptors (Lipinski definition) is 7. The number of piperazine rings is 1. The molecule has 40 heavy (non-hydrogen) atoms. The molecule has 0 unspecified atom stereocenters. The average molecular weight is 640 g/mol. The van der Waals surface area contributed by atoms with Gasteiger partial charge in [-0.25, -0.2) is 9.78 Å². The number of halogens is 2. The smallest absolute Gasteiger partial charge is 0.410 e. The van der Waals surface area contributed by atoms with Gasteiger partial charge in [0, 0.05) is 57.6 Å². The molecule has 2 aliphatic heterocycles. The number of aromatic nitrogens is 2. The number of likely N-dealkylation sites (tertiary alicyclic amines) is 1. The molecule has 0 aliphatic carbocycles. The molecule has 1 N–H and O–H groups in total. The van der Waals surface area contributed by atoms with E-state index in [1.54, 1.807) is 28.6 Å². The van der Waals surface area contributed by atoms with E-state index in [9.17, 15) is 19.2 Å². The first-order chi connectivity index (χ1) is 18.8. The van der Waals surface area contributed by atoms with Crippen molar-refractivity contribution in [2.75, 3.05) is 51.6 Å². The van der Waals surface area contributed by atoms with E-state index in [1.807, 2.05) is 25.7 Å². The molecule has 4 rings (SSSR count). The third kappa shape index (κ3) is 8.52. The van der Waals surface area contributed by atoms with Crippen molar-refractivity contribution < 1.29 is 23.9 Å². The summed E-state index contributed by atoms with van der Waals surface area (Å²) < 4.78 is 7.67. The molecule has 0 spiro atoms. The van der Waals surface area contributed by atoms with E-state index in [0.29, 0.717) is 35.2 Å². The van der Waals surface area contributed by atoms with E-state index >= 15 is 0 Å². The van der Waals surface area contributed by atoms with Gasteiger partial charge in [0.2, 0.25) is 5.91 Å². The lowest BCUT2D eigenvalue weighted by Gasteiger charge is -2.34. The summed E-state index contributed by atoms with van der Waals surface area (Å²) in [5, 5.41) is 2.95. The van der Waals surface area contributed by atoms with Gasteiger partial charge in [-0.3, -0.25) is 14.4 Å². The van der Waals surface area contributed by atoms with Crippen LogP contribution in [-0.4, -0.2) is 100 Å². The highest BCUT2D eigenvalue weighted by Crippen LogP contribution is 2.22. The van der Waals surface area contributed by atoms with Gasteiger partial charge in [0.05, 0.1) is 17.1 Å². The van der Waals surface area contributed by atoms with Crippen molar-refractivity contribution in [1.82, 2.24) is 24.3 Å². The summed E-state index contributed by atoms with van der Waals surface area (Å²) in [6, 6.07) is 4.66. The second-order valence-corrected chi connectivity index (χ2v) is 12.0. The maximum atomic E-state index is 12.5. The van der Waals surface area contributed by atoms with Gasteiger partial charge >= 0.3 is 6.09 Å². The lowest BCUT2D eigenvalue weighted by molar-refractivity contribution is -0.136. The minimum absolute atomic E-state index is 0.0686. The number of likely N-dealkylation sites (N-methyl/N-ethyl adjacent to an activating group) is 1. The lowest BCUT2D eigenvalue weighted by atomic mass is 10.1. The summed E-state index contributed by atoms with van der Waals surface area (Å²) in [5.41, 5.74) is 0.385. The molecule has 1 aromatic heterocycles. The maximum Gasteiger partial charge on any atom is 0.410 e. The molecule has 0 saturated carbocycles. The van der Waals surface area contributed by atoms with Gasteiger partial charge in [-0.15, -0.1) is 0 Å². The number of hydrogen-bond donors (Lipinski definition) is 1. The number of carbonyl (C=O) groups is 4. The van der Waals surface area contributed by atoms with Crippen LogP contribution in [0.4, 0.5) is 10.5 Å². The second-order valence-electron chi connectivity index (χ2n) is 10.8. The number of amides is 3. The second kappa shape index (κ2) is 13.6. The van der Waals surface area contributed by atoms with E-state index in [1.165, 1.54) is 12.3 Å². The fraction of sp³-hybridized carbons (Fsp3) is 0.519. The van der Waals surface area contributed by atoms with Crippen LogP contribution in [0.15, 0.2) is 29.0 Å². The predicted octanol–water partition coefficient (Wildman–Crippen LogP) is 3.92. The van der Waals surface area contributed by atoms with Crippen LogP contribution < -0.4 is 5.32 Å². The van der Waals surface area contributed by atoms with Crippen LogP contribution in [0, 0.1) is 5.92 Å². The molecule has 3 amide bonds. The first kappa shape index (κ1) is 31.6. The van der Waals surface area contributed by atoms with Gasteiger partial charge in [-0.2, -0.15) is 0 Å². The lowest BCUT2D eigenvalue weighted by Crippen LogP contribution is -2.49. The number of benzene rings is 1. The SMILES string of the molecule is CN1CCN(C(=O)[C@@H]2CCN(C(=O)OC(C)(C)C)C2)CC1.Cn1c(Br)cnc1C(=O)Nc1ccc(C=O)c(Cl)c1. The third-order valence-corrected chi connectivity index (χ3v) is 7.59. The molecule has 3 heterocycles. The first-order valence-electron chi connectivity index (χ1n) is 13.0. The van der Waals surface area contributed by atoms with Gasteiger partial charge in [0.25, 0.3) is 5.91 Å². The highest BCUT2D eigenvalue weighted by molar-refractivity contribution is 9.10. The van der Waals surface area contributed by atoms with Crippen LogP contribution in [0.3, 0.4) is 0 Å². The van der Waals surface area contributed by atoms with Crippen LogP contribution in [0.2, 0.25) is 5.02 Å². The highest BCUT2D eigenvalue weighted by Gasteiger charge is 2.36. The Labute approximate surface area is 247 Å². The van der Waals surface area contributed by atoms with E-state index < -0.39 is 5.60 Å². The Balaban J connectivity index is 0.000000222. The minimum Gasteiger partial charge on any atom is -0.444 e. The fourth-order valence-corrected chi connectivity index (χ4v) is 4.72. The quantitative estimate of drug-likeness (QED) is 0.504. The molecule has 2 aliphatic rings. The molecule has 13 heteroatoms. The van der Waals surface area contributed by atoms with Crippen molar-refractivity contribution in [1.29, 1.82) is 0 Å². The Bertz CT molecular complexity index is 1240. The molecule has 2 saturated heterocycles. The van der Waals surface area contributed by atoms with Crippen LogP contribution in [0.5, 0.6) is 0 Å². The molecule has 2 fully saturated rings. The topological polar surface area (TPSA) is 117 Å². The summed E-state index contributed by atoms with van der Waals surface area (Å²) in [4.78, 5) is 56.9. The van der Waals surface area contributed by atoms with Gasteiger partial charge < -0.3 is 29.3 Å². The molecule has 218 valence electrons. The van der Waals surface area contributed by atoms with Crippen LogP contribution in [0.1, 0.15) is 48.2 Å². The number of ether oxygens (including phenoxy) is 1. The summed E-state index contributed by atoms with van der Waals surface area (Å²) in [6.07, 6.45) is 2.63. The summed E-state index contributed by atoms with van der Waals surface area (Å²) >= 11 is 9.14. The average Bonchev–Trinajstić information content (AvgIpc) is 3.51. The third-order valence-electron chi connectivity index (χ3n) is 6.52. The van der Waals surface area contributed by atoms with Gasteiger partial charge in [0.1, 0.15) is 10.2 Å². The number of imidazole rings is 1. The van der Waals surface area contributed by atoms with E-state index in [4.69, 9.17) is 16.3 Å². The first-order valence-corrected chi connectivity index (χ1v) is 14.1. The van der Waals surface area contributed by atoms with Crippen LogP contribution in [0.25, 0.3) is 0 Å². The molecule has 0 radical (unpaired) electrons. The molecule has 1 atom stereocenters. The zero-order chi connectivity index (χ0) is 29.6. The van der Waals surface area contributed by atoms with Crippen molar-refractivity contribution in [3.63, 3.8) is 0 Å². The zero-order valence-electron chi connectivity index (χ0n) is 23.4. The molecular formula is C27H36BrClN6O5. The van der Waals surface area contributed by atoms with Crippen LogP contribution in [-0.2, 0) is 16.6 Å². The number of nitrogens with one attached hydrogen (secondary N) is 1. The number of nitrogens with zero attached hydrogens (tertiary/aromatic N) is 5. The zero-order valence-corrected chi connectivity index (χ0v) is 25.8. The van der Waals surface area contributed by atoms with Crippen molar-refractivity contribution in [3.8, 4) is 0 Å². The number of carbonyl (C=O) groups excluding carboxylic acids is 4. The highest BCUT2D eigenvalue weighted by atomic mass is 79.9. The van der Waals surface area contributed by atoms with E-state index in [0.717, 1.165) is 32.6 Å². The summed E-state index contributed by atoms with van der Waals surface area (Å²) in [6.45, 7) is 10.1. The predicted molar refractivity (Wildman–Crippen MR) is 156 cm³/mol. The van der Waals surface area contributed by atoms with Crippen molar-refractivity contribution >= 4 is 57.4 Å². The molecule has 0 bridgehead atoms. The van der Waals surface area contributed by atoms with Gasteiger partial charge in [-0.05, 0) is 68.4 Å². The Kier molecular flexibility index (Phi) is 10.7. The molecule has 2 aromatic rings. The summed E-state index contributed by atoms with van der Waals surface area (Å²) in [5.74, 6) is 0.0284. The van der Waals surface area contributed by atoms with Crippen LogP contribution >= 0.6 is 27.5 Å².